The number of benzene rings is 1. The fourth-order valence-electron chi connectivity index (χ4n) is 2.78. The third-order valence-corrected chi connectivity index (χ3v) is 5.41. The van der Waals surface area contributed by atoms with Crippen molar-refractivity contribution in [3.8, 4) is 6.07 Å². The lowest BCUT2D eigenvalue weighted by atomic mass is 10.1. The number of thiophene rings is 1. The third-order valence-electron chi connectivity index (χ3n) is 4.22. The molecule has 2 unspecified atom stereocenters. The van der Waals surface area contributed by atoms with Crippen LogP contribution in [0.4, 0.5) is 5.00 Å². The number of nitrogens with zero attached hydrogens (tertiary/aromatic N) is 1. The number of ether oxygens (including phenoxy) is 1. The minimum absolute atomic E-state index is 0.0945. The van der Waals surface area contributed by atoms with E-state index in [0.29, 0.717) is 21.0 Å². The Morgan fingerprint density at radius 3 is 2.67 bits per heavy atom. The largest absolute Gasteiger partial charge is 0.465 e. The maximum atomic E-state index is 12.5. The van der Waals surface area contributed by atoms with Gasteiger partial charge in [0.05, 0.1) is 12.7 Å². The molecular formula is C18H16N2O3S. The van der Waals surface area contributed by atoms with Crippen LogP contribution >= 0.6 is 11.3 Å². The van der Waals surface area contributed by atoms with Gasteiger partial charge in [0, 0.05) is 5.92 Å². The summed E-state index contributed by atoms with van der Waals surface area (Å²) in [6, 6.07) is 12.0. The first kappa shape index (κ1) is 16.2. The number of anilines is 1. The normalized spacial score (nSPS) is 18.5. The second kappa shape index (κ2) is 6.46. The van der Waals surface area contributed by atoms with Crippen molar-refractivity contribution in [2.75, 3.05) is 12.4 Å². The van der Waals surface area contributed by atoms with E-state index in [-0.39, 0.29) is 17.7 Å². The van der Waals surface area contributed by atoms with Gasteiger partial charge in [-0.25, -0.2) is 4.79 Å². The maximum absolute atomic E-state index is 12.5. The molecule has 0 spiro atoms. The molecule has 24 heavy (non-hydrogen) atoms. The summed E-state index contributed by atoms with van der Waals surface area (Å²) >= 11 is 1.08. The Balaban J connectivity index is 1.76. The van der Waals surface area contributed by atoms with Gasteiger partial charge in [-0.3, -0.25) is 4.79 Å². The molecule has 1 aliphatic rings. The molecule has 1 fully saturated rings. The van der Waals surface area contributed by atoms with Crippen molar-refractivity contribution in [1.82, 2.24) is 0 Å². The van der Waals surface area contributed by atoms with Gasteiger partial charge in [0.2, 0.25) is 5.91 Å². The molecule has 1 saturated carbocycles. The smallest absolute Gasteiger partial charge is 0.348 e. The van der Waals surface area contributed by atoms with Crippen LogP contribution in [0.5, 0.6) is 0 Å². The summed E-state index contributed by atoms with van der Waals surface area (Å²) in [7, 11) is 1.29. The molecule has 2 aromatic rings. The Kier molecular flexibility index (Phi) is 4.36. The standard InChI is InChI=1S/C18H16N2O3S/c1-10-14(9-19)17(24-15(10)18(22)23-2)20-16(21)13-8-12(13)11-6-4-3-5-7-11/h3-7,12-13H,8H2,1-2H3,(H,20,21). The zero-order chi connectivity index (χ0) is 17.3. The van der Waals surface area contributed by atoms with Crippen LogP contribution < -0.4 is 5.32 Å². The zero-order valence-corrected chi connectivity index (χ0v) is 14.1. The fraction of sp³-hybridized carbons (Fsp3) is 0.278. The van der Waals surface area contributed by atoms with Crippen LogP contribution in [0.2, 0.25) is 0 Å². The summed E-state index contributed by atoms with van der Waals surface area (Å²) < 4.78 is 4.72. The summed E-state index contributed by atoms with van der Waals surface area (Å²) in [5.41, 5.74) is 2.02. The van der Waals surface area contributed by atoms with Gasteiger partial charge in [-0.05, 0) is 30.4 Å². The van der Waals surface area contributed by atoms with Crippen LogP contribution in [0.15, 0.2) is 30.3 Å². The first-order chi connectivity index (χ1) is 11.6. The number of amides is 1. The van der Waals surface area contributed by atoms with E-state index in [0.717, 1.165) is 23.3 Å². The highest BCUT2D eigenvalue weighted by molar-refractivity contribution is 7.18. The van der Waals surface area contributed by atoms with E-state index in [2.05, 4.69) is 11.4 Å². The first-order valence-electron chi connectivity index (χ1n) is 7.54. The van der Waals surface area contributed by atoms with Crippen LogP contribution in [0.3, 0.4) is 0 Å². The van der Waals surface area contributed by atoms with E-state index in [1.807, 2.05) is 30.3 Å². The number of esters is 1. The van der Waals surface area contributed by atoms with Crippen molar-refractivity contribution >= 4 is 28.2 Å². The Labute approximate surface area is 143 Å². The molecule has 0 radical (unpaired) electrons. The molecule has 0 bridgehead atoms. The minimum atomic E-state index is -0.497. The molecule has 1 N–H and O–H groups in total. The molecule has 0 saturated heterocycles. The topological polar surface area (TPSA) is 79.2 Å². The SMILES string of the molecule is COC(=O)c1sc(NC(=O)C2CC2c2ccccc2)c(C#N)c1C. The Morgan fingerprint density at radius 2 is 2.04 bits per heavy atom. The predicted octanol–water partition coefficient (Wildman–Crippen LogP) is 3.46. The van der Waals surface area contributed by atoms with Gasteiger partial charge >= 0.3 is 5.97 Å². The molecule has 122 valence electrons. The van der Waals surface area contributed by atoms with Gasteiger partial charge in [0.15, 0.2) is 0 Å². The van der Waals surface area contributed by atoms with Gasteiger partial charge in [-0.1, -0.05) is 30.3 Å². The van der Waals surface area contributed by atoms with Crippen molar-refractivity contribution in [2.45, 2.75) is 19.3 Å². The van der Waals surface area contributed by atoms with Crippen LogP contribution in [-0.2, 0) is 9.53 Å². The maximum Gasteiger partial charge on any atom is 0.348 e. The number of carbonyl (C=O) groups excluding carboxylic acids is 2. The molecule has 6 heteroatoms. The van der Waals surface area contributed by atoms with E-state index in [9.17, 15) is 14.9 Å². The fourth-order valence-corrected chi connectivity index (χ4v) is 3.86. The Bertz CT molecular complexity index is 836. The number of methoxy groups -OCH3 is 1. The monoisotopic (exact) mass is 340 g/mol. The van der Waals surface area contributed by atoms with Gasteiger partial charge in [0.1, 0.15) is 15.9 Å². The summed E-state index contributed by atoms with van der Waals surface area (Å²) in [6.45, 7) is 1.68. The van der Waals surface area contributed by atoms with Gasteiger partial charge in [0.25, 0.3) is 0 Å². The molecule has 0 aliphatic heterocycles. The van der Waals surface area contributed by atoms with E-state index >= 15 is 0 Å². The highest BCUT2D eigenvalue weighted by Gasteiger charge is 2.44. The highest BCUT2D eigenvalue weighted by Crippen LogP contribution is 2.48. The van der Waals surface area contributed by atoms with Crippen molar-refractivity contribution in [3.05, 3.63) is 51.9 Å². The minimum Gasteiger partial charge on any atom is -0.465 e. The summed E-state index contributed by atoms with van der Waals surface area (Å²) in [4.78, 5) is 24.6. The average molecular weight is 340 g/mol. The molecule has 1 heterocycles. The lowest BCUT2D eigenvalue weighted by molar-refractivity contribution is -0.117. The average Bonchev–Trinajstić information content (AvgIpc) is 3.35. The number of hydrogen-bond donors (Lipinski definition) is 1. The second-order valence-electron chi connectivity index (χ2n) is 5.71. The Hall–Kier alpha value is -2.65. The molecule has 3 rings (SSSR count). The molecule has 1 aliphatic carbocycles. The lowest BCUT2D eigenvalue weighted by Crippen LogP contribution is -2.14. The van der Waals surface area contributed by atoms with Crippen molar-refractivity contribution in [1.29, 1.82) is 5.26 Å². The lowest BCUT2D eigenvalue weighted by Gasteiger charge is -2.03. The first-order valence-corrected chi connectivity index (χ1v) is 8.36. The number of rotatable bonds is 4. The van der Waals surface area contributed by atoms with Gasteiger partial charge < -0.3 is 10.1 Å². The van der Waals surface area contributed by atoms with E-state index < -0.39 is 5.97 Å². The van der Waals surface area contributed by atoms with Crippen molar-refractivity contribution in [2.24, 2.45) is 5.92 Å². The third kappa shape index (κ3) is 2.91. The zero-order valence-electron chi connectivity index (χ0n) is 13.3. The second-order valence-corrected chi connectivity index (χ2v) is 6.73. The molecule has 1 aromatic carbocycles. The van der Waals surface area contributed by atoms with Crippen molar-refractivity contribution < 1.29 is 14.3 Å². The van der Waals surface area contributed by atoms with Gasteiger partial charge in [-0.15, -0.1) is 11.3 Å². The summed E-state index contributed by atoms with van der Waals surface area (Å²) in [5.74, 6) is -0.484. The number of nitrogens with one attached hydrogen (secondary N) is 1. The van der Waals surface area contributed by atoms with Crippen molar-refractivity contribution in [3.63, 3.8) is 0 Å². The predicted molar refractivity (Wildman–Crippen MR) is 91.0 cm³/mol. The summed E-state index contributed by atoms with van der Waals surface area (Å²) in [6.07, 6.45) is 0.798. The van der Waals surface area contributed by atoms with Crippen LogP contribution in [0.25, 0.3) is 0 Å². The molecule has 2 atom stereocenters. The van der Waals surface area contributed by atoms with E-state index in [4.69, 9.17) is 4.74 Å². The van der Waals surface area contributed by atoms with Crippen LogP contribution in [-0.4, -0.2) is 19.0 Å². The van der Waals surface area contributed by atoms with Crippen LogP contribution in [0.1, 0.15) is 38.7 Å². The summed E-state index contributed by atoms with van der Waals surface area (Å²) in [5, 5.41) is 12.5. The number of carbonyl (C=O) groups is 2. The molecule has 1 aromatic heterocycles. The van der Waals surface area contributed by atoms with E-state index in [1.54, 1.807) is 6.92 Å². The molecule has 5 nitrogen and oxygen atoms in total. The Morgan fingerprint density at radius 1 is 1.33 bits per heavy atom. The van der Waals surface area contributed by atoms with E-state index in [1.165, 1.54) is 7.11 Å². The van der Waals surface area contributed by atoms with Crippen LogP contribution in [0, 0.1) is 24.2 Å². The van der Waals surface area contributed by atoms with Gasteiger partial charge in [-0.2, -0.15) is 5.26 Å². The molecular weight excluding hydrogens is 324 g/mol. The highest BCUT2D eigenvalue weighted by atomic mass is 32.1. The number of nitriles is 1. The quantitative estimate of drug-likeness (QED) is 0.865. The molecule has 1 amide bonds. The number of hydrogen-bond acceptors (Lipinski definition) is 5.